The average molecular weight is 295 g/mol. The highest BCUT2D eigenvalue weighted by atomic mass is 79.9. The molecule has 0 unspecified atom stereocenters. The number of nitrogens with zero attached hydrogens (tertiary/aromatic N) is 2. The summed E-state index contributed by atoms with van der Waals surface area (Å²) in [4.78, 5) is 0. The first kappa shape index (κ1) is 13.0. The summed E-state index contributed by atoms with van der Waals surface area (Å²) in [6.07, 6.45) is 2.00. The van der Waals surface area contributed by atoms with Crippen LogP contribution in [0.3, 0.4) is 0 Å². The summed E-state index contributed by atoms with van der Waals surface area (Å²) in [7, 11) is 1.94. The molecule has 1 aromatic heterocycles. The van der Waals surface area contributed by atoms with E-state index in [1.165, 1.54) is 0 Å². The molecule has 0 spiro atoms. The molecule has 0 saturated heterocycles. The number of hydrogen-bond acceptors (Lipinski definition) is 2. The van der Waals surface area contributed by atoms with Crippen molar-refractivity contribution >= 4 is 27.5 Å². The van der Waals surface area contributed by atoms with Crippen molar-refractivity contribution in [3.8, 4) is 0 Å². The van der Waals surface area contributed by atoms with Crippen molar-refractivity contribution in [1.29, 1.82) is 0 Å². The Kier molecular flexibility index (Phi) is 5.64. The fourth-order valence-corrected chi connectivity index (χ4v) is 2.05. The Bertz CT molecular complexity index is 312. The second-order valence-electron chi connectivity index (χ2n) is 3.40. The van der Waals surface area contributed by atoms with Crippen LogP contribution < -0.4 is 5.32 Å². The molecule has 1 N–H and O–H groups in total. The summed E-state index contributed by atoms with van der Waals surface area (Å²) in [5.74, 6) is 0. The molecule has 0 aliphatic carbocycles. The molecule has 0 fully saturated rings. The van der Waals surface area contributed by atoms with Crippen LogP contribution in [-0.2, 0) is 20.0 Å². The fraction of sp³-hybridized carbons (Fsp3) is 0.700. The Balaban J connectivity index is 2.56. The molecule has 0 aliphatic heterocycles. The molecule has 0 bridgehead atoms. The lowest BCUT2D eigenvalue weighted by atomic mass is 10.3. The highest BCUT2D eigenvalue weighted by Crippen LogP contribution is 2.20. The van der Waals surface area contributed by atoms with Crippen LogP contribution in [0.2, 0.25) is 5.02 Å². The van der Waals surface area contributed by atoms with Gasteiger partial charge < -0.3 is 5.32 Å². The van der Waals surface area contributed by atoms with Crippen molar-refractivity contribution in [3.05, 3.63) is 16.4 Å². The van der Waals surface area contributed by atoms with E-state index in [2.05, 4.69) is 33.3 Å². The standard InChI is InChI=1S/C10H17BrClN3/c1-3-8-10(12)9(15(2)14-8)7-13-6-4-5-11/h13H,3-7H2,1-2H3. The summed E-state index contributed by atoms with van der Waals surface area (Å²) >= 11 is 9.61. The fourth-order valence-electron chi connectivity index (χ4n) is 1.41. The van der Waals surface area contributed by atoms with E-state index in [1.54, 1.807) is 0 Å². The molecule has 0 saturated carbocycles. The van der Waals surface area contributed by atoms with Crippen molar-refractivity contribution in [2.45, 2.75) is 26.3 Å². The molecular weight excluding hydrogens is 277 g/mol. The van der Waals surface area contributed by atoms with Crippen LogP contribution in [0.1, 0.15) is 24.7 Å². The third-order valence-corrected chi connectivity index (χ3v) is 3.28. The summed E-state index contributed by atoms with van der Waals surface area (Å²) in [6.45, 7) is 3.85. The SMILES string of the molecule is CCc1nn(C)c(CNCCCBr)c1Cl. The van der Waals surface area contributed by atoms with Gasteiger partial charge in [-0.15, -0.1) is 0 Å². The van der Waals surface area contributed by atoms with Crippen molar-refractivity contribution in [2.24, 2.45) is 7.05 Å². The lowest BCUT2D eigenvalue weighted by Gasteiger charge is -2.04. The third-order valence-electron chi connectivity index (χ3n) is 2.28. The minimum atomic E-state index is 0.787. The van der Waals surface area contributed by atoms with Crippen LogP contribution in [0, 0.1) is 0 Å². The van der Waals surface area contributed by atoms with Gasteiger partial charge in [-0.3, -0.25) is 4.68 Å². The molecule has 0 aliphatic rings. The number of alkyl halides is 1. The quantitative estimate of drug-likeness (QED) is 0.645. The summed E-state index contributed by atoms with van der Waals surface area (Å²) in [5.41, 5.74) is 2.06. The van der Waals surface area contributed by atoms with Crippen molar-refractivity contribution in [1.82, 2.24) is 15.1 Å². The topological polar surface area (TPSA) is 29.9 Å². The number of halogens is 2. The van der Waals surface area contributed by atoms with E-state index in [1.807, 2.05) is 11.7 Å². The van der Waals surface area contributed by atoms with Gasteiger partial charge in [0.2, 0.25) is 0 Å². The number of aromatic nitrogens is 2. The molecule has 15 heavy (non-hydrogen) atoms. The van der Waals surface area contributed by atoms with E-state index in [4.69, 9.17) is 11.6 Å². The van der Waals surface area contributed by atoms with Crippen LogP contribution in [0.5, 0.6) is 0 Å². The van der Waals surface area contributed by atoms with Crippen LogP contribution in [-0.4, -0.2) is 21.7 Å². The number of aryl methyl sites for hydroxylation is 2. The number of nitrogens with one attached hydrogen (secondary N) is 1. The van der Waals surface area contributed by atoms with Gasteiger partial charge in [-0.1, -0.05) is 34.5 Å². The van der Waals surface area contributed by atoms with Gasteiger partial charge in [0.1, 0.15) is 0 Å². The van der Waals surface area contributed by atoms with Gasteiger partial charge in [0.05, 0.1) is 16.4 Å². The smallest absolute Gasteiger partial charge is 0.0863 e. The molecule has 0 aromatic carbocycles. The maximum Gasteiger partial charge on any atom is 0.0863 e. The van der Waals surface area contributed by atoms with Crippen molar-refractivity contribution in [2.75, 3.05) is 11.9 Å². The van der Waals surface area contributed by atoms with Crippen LogP contribution in [0.15, 0.2) is 0 Å². The first-order valence-electron chi connectivity index (χ1n) is 5.17. The molecule has 0 amide bonds. The summed E-state index contributed by atoms with van der Waals surface area (Å²) in [6, 6.07) is 0. The first-order chi connectivity index (χ1) is 7.20. The number of hydrogen-bond donors (Lipinski definition) is 1. The van der Waals surface area contributed by atoms with Gasteiger partial charge in [-0.2, -0.15) is 5.10 Å². The normalized spacial score (nSPS) is 10.9. The Morgan fingerprint density at radius 3 is 2.80 bits per heavy atom. The van der Waals surface area contributed by atoms with Gasteiger partial charge in [0, 0.05) is 18.9 Å². The zero-order chi connectivity index (χ0) is 11.3. The summed E-state index contributed by atoms with van der Waals surface area (Å²) in [5, 5.41) is 9.55. The van der Waals surface area contributed by atoms with Crippen LogP contribution >= 0.6 is 27.5 Å². The second kappa shape index (κ2) is 6.51. The van der Waals surface area contributed by atoms with E-state index in [0.29, 0.717) is 0 Å². The molecule has 3 nitrogen and oxygen atoms in total. The predicted octanol–water partition coefficient (Wildman–Crippen LogP) is 2.51. The Labute approximate surface area is 104 Å². The Hall–Kier alpha value is -0.0600. The van der Waals surface area contributed by atoms with Crippen LogP contribution in [0.4, 0.5) is 0 Å². The minimum Gasteiger partial charge on any atom is -0.311 e. The largest absolute Gasteiger partial charge is 0.311 e. The third kappa shape index (κ3) is 3.47. The summed E-state index contributed by atoms with van der Waals surface area (Å²) < 4.78 is 1.86. The highest BCUT2D eigenvalue weighted by molar-refractivity contribution is 9.09. The molecule has 0 radical (unpaired) electrons. The number of rotatable bonds is 6. The Morgan fingerprint density at radius 2 is 2.27 bits per heavy atom. The molecule has 1 rings (SSSR count). The first-order valence-corrected chi connectivity index (χ1v) is 6.67. The molecule has 86 valence electrons. The van der Waals surface area contributed by atoms with E-state index < -0.39 is 0 Å². The Morgan fingerprint density at radius 1 is 1.53 bits per heavy atom. The van der Waals surface area contributed by atoms with Crippen LogP contribution in [0.25, 0.3) is 0 Å². The molecule has 1 aromatic rings. The van der Waals surface area contributed by atoms with E-state index in [-0.39, 0.29) is 0 Å². The van der Waals surface area contributed by atoms with Gasteiger partial charge in [-0.25, -0.2) is 0 Å². The lowest BCUT2D eigenvalue weighted by Crippen LogP contribution is -2.17. The molecule has 0 atom stereocenters. The van der Waals surface area contributed by atoms with E-state index >= 15 is 0 Å². The minimum absolute atomic E-state index is 0.787. The monoisotopic (exact) mass is 293 g/mol. The second-order valence-corrected chi connectivity index (χ2v) is 4.57. The zero-order valence-corrected chi connectivity index (χ0v) is 11.5. The van der Waals surface area contributed by atoms with E-state index in [0.717, 1.165) is 47.7 Å². The van der Waals surface area contributed by atoms with Crippen molar-refractivity contribution < 1.29 is 0 Å². The average Bonchev–Trinajstić information content (AvgIpc) is 2.50. The highest BCUT2D eigenvalue weighted by Gasteiger charge is 2.11. The molecule has 5 heteroatoms. The van der Waals surface area contributed by atoms with E-state index in [9.17, 15) is 0 Å². The maximum atomic E-state index is 6.21. The lowest BCUT2D eigenvalue weighted by molar-refractivity contribution is 0.620. The van der Waals surface area contributed by atoms with Gasteiger partial charge >= 0.3 is 0 Å². The molecule has 1 heterocycles. The maximum absolute atomic E-state index is 6.21. The van der Waals surface area contributed by atoms with Gasteiger partial charge in [0.15, 0.2) is 0 Å². The zero-order valence-electron chi connectivity index (χ0n) is 9.19. The molecular formula is C10H17BrClN3. The predicted molar refractivity (Wildman–Crippen MR) is 67.7 cm³/mol. The van der Waals surface area contributed by atoms with Gasteiger partial charge in [-0.05, 0) is 19.4 Å². The van der Waals surface area contributed by atoms with Gasteiger partial charge in [0.25, 0.3) is 0 Å². The van der Waals surface area contributed by atoms with Crippen molar-refractivity contribution in [3.63, 3.8) is 0 Å².